The molecule has 0 amide bonds. The number of H-pyrrole nitrogens is 1. The monoisotopic (exact) mass is 258 g/mol. The maximum absolute atomic E-state index is 11.8. The summed E-state index contributed by atoms with van der Waals surface area (Å²) in [6.07, 6.45) is 3.08. The maximum atomic E-state index is 11.8. The Morgan fingerprint density at radius 3 is 2.41 bits per heavy atom. The van der Waals surface area contributed by atoms with Crippen LogP contribution in [0.5, 0.6) is 0 Å². The molecule has 0 spiro atoms. The Morgan fingerprint density at radius 1 is 1.29 bits per heavy atom. The van der Waals surface area contributed by atoms with Crippen molar-refractivity contribution in [3.05, 3.63) is 28.7 Å². The molecular weight excluding hydrogens is 240 g/mol. The van der Waals surface area contributed by atoms with E-state index < -0.39 is 10.0 Å². The molecule has 0 radical (unpaired) electrons. The molecule has 0 saturated carbocycles. The van der Waals surface area contributed by atoms with Gasteiger partial charge in [0.15, 0.2) is 0 Å². The number of aromatic amines is 1. The normalized spacial score (nSPS) is 11.9. The molecule has 0 aliphatic heterocycles. The van der Waals surface area contributed by atoms with Gasteiger partial charge in [-0.25, -0.2) is 13.1 Å². The van der Waals surface area contributed by atoms with Gasteiger partial charge in [-0.2, -0.15) is 0 Å². The van der Waals surface area contributed by atoms with Crippen LogP contribution in [0, 0.1) is 5.92 Å². The largest absolute Gasteiger partial charge is 0.328 e. The van der Waals surface area contributed by atoms with Crippen LogP contribution in [0.1, 0.15) is 26.7 Å². The van der Waals surface area contributed by atoms with Gasteiger partial charge in [0.2, 0.25) is 15.6 Å². The van der Waals surface area contributed by atoms with Gasteiger partial charge in [0.1, 0.15) is 0 Å². The minimum Gasteiger partial charge on any atom is -0.328 e. The van der Waals surface area contributed by atoms with Crippen LogP contribution in [0.15, 0.2) is 28.0 Å². The number of sulfonamides is 1. The van der Waals surface area contributed by atoms with Gasteiger partial charge >= 0.3 is 0 Å². The lowest BCUT2D eigenvalue weighted by molar-refractivity contribution is 0.479. The van der Waals surface area contributed by atoms with Crippen molar-refractivity contribution >= 4 is 10.0 Å². The quantitative estimate of drug-likeness (QED) is 0.801. The summed E-state index contributed by atoms with van der Waals surface area (Å²) in [5.41, 5.74) is -0.316. The summed E-state index contributed by atoms with van der Waals surface area (Å²) in [6, 6.07) is 2.50. The highest BCUT2D eigenvalue weighted by molar-refractivity contribution is 7.89. The lowest BCUT2D eigenvalue weighted by Crippen LogP contribution is -2.29. The van der Waals surface area contributed by atoms with Crippen LogP contribution in [-0.4, -0.2) is 19.9 Å². The number of hydrogen-bond acceptors (Lipinski definition) is 3. The number of rotatable bonds is 6. The third kappa shape index (κ3) is 3.98. The third-order valence-electron chi connectivity index (χ3n) is 2.78. The van der Waals surface area contributed by atoms with E-state index in [0.29, 0.717) is 12.5 Å². The Bertz CT molecular complexity index is 483. The summed E-state index contributed by atoms with van der Waals surface area (Å²) in [6.45, 7) is 4.49. The summed E-state index contributed by atoms with van der Waals surface area (Å²) >= 11 is 0. The first-order chi connectivity index (χ1) is 7.99. The second-order valence-corrected chi connectivity index (χ2v) is 5.69. The van der Waals surface area contributed by atoms with Crippen LogP contribution in [-0.2, 0) is 10.0 Å². The number of nitrogens with one attached hydrogen (secondary N) is 2. The molecule has 0 aliphatic rings. The van der Waals surface area contributed by atoms with E-state index in [4.69, 9.17) is 0 Å². The van der Waals surface area contributed by atoms with Crippen LogP contribution in [0.2, 0.25) is 0 Å². The molecule has 0 aliphatic carbocycles. The highest BCUT2D eigenvalue weighted by atomic mass is 32.2. The fourth-order valence-corrected chi connectivity index (χ4v) is 2.53. The van der Waals surface area contributed by atoms with E-state index in [1.54, 1.807) is 0 Å². The first kappa shape index (κ1) is 13.9. The molecule has 1 rings (SSSR count). The van der Waals surface area contributed by atoms with Crippen molar-refractivity contribution in [2.75, 3.05) is 6.54 Å². The van der Waals surface area contributed by atoms with E-state index in [0.717, 1.165) is 12.8 Å². The molecule has 5 nitrogen and oxygen atoms in total. The van der Waals surface area contributed by atoms with Gasteiger partial charge in [-0.1, -0.05) is 26.7 Å². The first-order valence-corrected chi connectivity index (χ1v) is 7.16. The van der Waals surface area contributed by atoms with Crippen LogP contribution < -0.4 is 10.3 Å². The van der Waals surface area contributed by atoms with Crippen LogP contribution in [0.25, 0.3) is 0 Å². The Morgan fingerprint density at radius 2 is 1.94 bits per heavy atom. The molecule has 2 N–H and O–H groups in total. The average Bonchev–Trinajstić information content (AvgIpc) is 2.31. The highest BCUT2D eigenvalue weighted by Crippen LogP contribution is 2.09. The van der Waals surface area contributed by atoms with Crippen molar-refractivity contribution in [1.82, 2.24) is 9.71 Å². The molecule has 6 heteroatoms. The molecule has 17 heavy (non-hydrogen) atoms. The number of aromatic nitrogens is 1. The predicted molar refractivity (Wildman–Crippen MR) is 66.3 cm³/mol. The van der Waals surface area contributed by atoms with Gasteiger partial charge in [-0.3, -0.25) is 4.79 Å². The molecule has 1 heterocycles. The van der Waals surface area contributed by atoms with Crippen molar-refractivity contribution in [2.24, 2.45) is 5.92 Å². The Hall–Kier alpha value is -1.14. The second kappa shape index (κ2) is 5.97. The molecule has 0 unspecified atom stereocenters. The molecule has 0 fully saturated rings. The summed E-state index contributed by atoms with van der Waals surface area (Å²) in [5.74, 6) is 0.340. The van der Waals surface area contributed by atoms with Crippen LogP contribution in [0.3, 0.4) is 0 Å². The van der Waals surface area contributed by atoms with E-state index in [9.17, 15) is 13.2 Å². The lowest BCUT2D eigenvalue weighted by atomic mass is 10.0. The molecule has 0 aromatic carbocycles. The van der Waals surface area contributed by atoms with Gasteiger partial charge in [0.25, 0.3) is 0 Å². The molecule has 0 atom stereocenters. The lowest BCUT2D eigenvalue weighted by Gasteiger charge is -2.13. The fourth-order valence-electron chi connectivity index (χ4n) is 1.45. The standard InChI is InChI=1S/C11H18N2O3S/c1-3-9(4-2)7-13-17(15,16)10-5-6-11(14)12-8-10/h5-6,8-9,13H,3-4,7H2,1-2H3,(H,12,14). The van der Waals surface area contributed by atoms with E-state index in [2.05, 4.69) is 9.71 Å². The van der Waals surface area contributed by atoms with E-state index in [1.807, 2.05) is 13.8 Å². The summed E-state index contributed by atoms with van der Waals surface area (Å²) in [7, 11) is -3.51. The third-order valence-corrected chi connectivity index (χ3v) is 4.20. The Labute approximate surface area is 101 Å². The zero-order valence-corrected chi connectivity index (χ0v) is 10.9. The summed E-state index contributed by atoms with van der Waals surface area (Å²) in [4.78, 5) is 13.3. The molecule has 0 bridgehead atoms. The zero-order chi connectivity index (χ0) is 12.9. The molecular formula is C11H18N2O3S. The Kier molecular flexibility index (Phi) is 4.89. The minimum absolute atomic E-state index is 0.0862. The maximum Gasteiger partial charge on any atom is 0.247 e. The van der Waals surface area contributed by atoms with Crippen molar-refractivity contribution in [1.29, 1.82) is 0 Å². The minimum atomic E-state index is -3.51. The van der Waals surface area contributed by atoms with E-state index in [-0.39, 0.29) is 10.5 Å². The smallest absolute Gasteiger partial charge is 0.247 e. The first-order valence-electron chi connectivity index (χ1n) is 5.68. The van der Waals surface area contributed by atoms with Gasteiger partial charge in [0, 0.05) is 18.8 Å². The topological polar surface area (TPSA) is 79.0 Å². The summed E-state index contributed by atoms with van der Waals surface area (Å²) < 4.78 is 26.2. The average molecular weight is 258 g/mol. The molecule has 96 valence electrons. The predicted octanol–water partition coefficient (Wildman–Crippen LogP) is 1.09. The second-order valence-electron chi connectivity index (χ2n) is 3.92. The van der Waals surface area contributed by atoms with E-state index in [1.165, 1.54) is 18.3 Å². The van der Waals surface area contributed by atoms with Crippen molar-refractivity contribution in [3.8, 4) is 0 Å². The van der Waals surface area contributed by atoms with Gasteiger partial charge in [0.05, 0.1) is 4.90 Å². The molecule has 0 saturated heterocycles. The summed E-state index contributed by atoms with van der Waals surface area (Å²) in [5, 5.41) is 0. The number of pyridine rings is 1. The highest BCUT2D eigenvalue weighted by Gasteiger charge is 2.15. The zero-order valence-electron chi connectivity index (χ0n) is 10.1. The van der Waals surface area contributed by atoms with E-state index >= 15 is 0 Å². The molecule has 1 aromatic rings. The van der Waals surface area contributed by atoms with Crippen molar-refractivity contribution < 1.29 is 8.42 Å². The number of hydrogen-bond donors (Lipinski definition) is 2. The van der Waals surface area contributed by atoms with Crippen LogP contribution >= 0.6 is 0 Å². The fraction of sp³-hybridized carbons (Fsp3) is 0.545. The SMILES string of the molecule is CCC(CC)CNS(=O)(=O)c1ccc(=O)[nH]c1. The van der Waals surface area contributed by atoms with Crippen molar-refractivity contribution in [3.63, 3.8) is 0 Å². The van der Waals surface area contributed by atoms with Crippen LogP contribution in [0.4, 0.5) is 0 Å². The van der Waals surface area contributed by atoms with Gasteiger partial charge in [-0.15, -0.1) is 0 Å². The van der Waals surface area contributed by atoms with Crippen molar-refractivity contribution in [2.45, 2.75) is 31.6 Å². The molecule has 1 aromatic heterocycles. The Balaban J connectivity index is 2.75. The van der Waals surface area contributed by atoms with Gasteiger partial charge < -0.3 is 4.98 Å². The van der Waals surface area contributed by atoms with Gasteiger partial charge in [-0.05, 0) is 12.0 Å².